The number of piperidine rings is 1. The molecular formula is C21H26N4O2S. The number of hydrogen-bond donors (Lipinski definition) is 1. The Hall–Kier alpha value is -2.25. The van der Waals surface area contributed by atoms with Gasteiger partial charge in [0.1, 0.15) is 0 Å². The lowest BCUT2D eigenvalue weighted by Crippen LogP contribution is -2.38. The van der Waals surface area contributed by atoms with E-state index in [1.54, 1.807) is 17.4 Å². The Morgan fingerprint density at radius 2 is 2.04 bits per heavy atom. The minimum absolute atomic E-state index is 0.0601. The summed E-state index contributed by atoms with van der Waals surface area (Å²) >= 11 is 1.80. The van der Waals surface area contributed by atoms with Crippen LogP contribution in [-0.4, -0.2) is 40.6 Å². The fourth-order valence-electron chi connectivity index (χ4n) is 3.47. The molecule has 1 aliphatic rings. The number of carbonyl (C=O) groups excluding carboxylic acids is 1. The zero-order chi connectivity index (χ0) is 19.7. The number of rotatable bonds is 4. The standard InChI is InChI=1S/C21H26N4O2S/c1-21(2,3)17-12-19(27-24-17)23-18(26)13-25-10-8-14(9-11-25)20-22-15-6-4-5-7-16(15)28-20/h4-7,12,14H,8-11,13H2,1-3H3,(H,23,26). The molecule has 0 bridgehead atoms. The highest BCUT2D eigenvalue weighted by Gasteiger charge is 2.25. The fourth-order valence-corrected chi connectivity index (χ4v) is 4.61. The van der Waals surface area contributed by atoms with Crippen molar-refractivity contribution in [3.63, 3.8) is 0 Å². The van der Waals surface area contributed by atoms with Crippen LogP contribution in [0, 0.1) is 0 Å². The molecule has 0 saturated carbocycles. The van der Waals surface area contributed by atoms with Crippen molar-refractivity contribution in [3.8, 4) is 0 Å². The maximum atomic E-state index is 12.4. The minimum Gasteiger partial charge on any atom is -0.338 e. The van der Waals surface area contributed by atoms with Gasteiger partial charge in [0.05, 0.1) is 27.5 Å². The largest absolute Gasteiger partial charge is 0.338 e. The SMILES string of the molecule is CC(C)(C)c1cc(NC(=O)CN2CCC(c3nc4ccccc4s3)CC2)on1. The lowest BCUT2D eigenvalue weighted by molar-refractivity contribution is -0.117. The predicted octanol–water partition coefficient (Wildman–Crippen LogP) is 4.40. The van der Waals surface area contributed by atoms with E-state index < -0.39 is 0 Å². The number of benzene rings is 1. The first-order valence-corrected chi connectivity index (χ1v) is 10.5. The molecule has 4 rings (SSSR count). The third-order valence-corrected chi connectivity index (χ3v) is 6.35. The van der Waals surface area contributed by atoms with Crippen LogP contribution in [0.15, 0.2) is 34.9 Å². The van der Waals surface area contributed by atoms with Crippen LogP contribution in [-0.2, 0) is 10.2 Å². The molecule has 148 valence electrons. The van der Waals surface area contributed by atoms with Crippen LogP contribution in [0.5, 0.6) is 0 Å². The van der Waals surface area contributed by atoms with Gasteiger partial charge in [-0.1, -0.05) is 38.1 Å². The van der Waals surface area contributed by atoms with Crippen molar-refractivity contribution in [2.75, 3.05) is 25.0 Å². The Bertz CT molecular complexity index is 931. The summed E-state index contributed by atoms with van der Waals surface area (Å²) < 4.78 is 6.50. The summed E-state index contributed by atoms with van der Waals surface area (Å²) in [6.45, 7) is 8.36. The van der Waals surface area contributed by atoms with Gasteiger partial charge in [-0.15, -0.1) is 11.3 Å². The van der Waals surface area contributed by atoms with E-state index in [0.717, 1.165) is 37.1 Å². The first-order chi connectivity index (χ1) is 13.4. The summed E-state index contributed by atoms with van der Waals surface area (Å²) in [6.07, 6.45) is 2.06. The Morgan fingerprint density at radius 1 is 1.29 bits per heavy atom. The van der Waals surface area contributed by atoms with Gasteiger partial charge in [0.25, 0.3) is 0 Å². The Morgan fingerprint density at radius 3 is 2.71 bits per heavy atom. The third-order valence-electron chi connectivity index (χ3n) is 5.16. The number of likely N-dealkylation sites (tertiary alicyclic amines) is 1. The lowest BCUT2D eigenvalue weighted by Gasteiger charge is -2.30. The molecule has 28 heavy (non-hydrogen) atoms. The molecule has 1 saturated heterocycles. The summed E-state index contributed by atoms with van der Waals surface area (Å²) in [5.74, 6) is 0.842. The van der Waals surface area contributed by atoms with Crippen molar-refractivity contribution in [3.05, 3.63) is 41.0 Å². The number of thiazole rings is 1. The van der Waals surface area contributed by atoms with E-state index >= 15 is 0 Å². The van der Waals surface area contributed by atoms with Gasteiger partial charge in [0.2, 0.25) is 11.8 Å². The average molecular weight is 399 g/mol. The van der Waals surface area contributed by atoms with E-state index in [1.807, 2.05) is 6.07 Å². The normalized spacial score (nSPS) is 16.5. The number of amides is 1. The molecular weight excluding hydrogens is 372 g/mol. The van der Waals surface area contributed by atoms with E-state index in [-0.39, 0.29) is 11.3 Å². The maximum absolute atomic E-state index is 12.4. The summed E-state index contributed by atoms with van der Waals surface area (Å²) in [5.41, 5.74) is 1.82. The molecule has 3 heterocycles. The zero-order valence-corrected chi connectivity index (χ0v) is 17.4. The number of fused-ring (bicyclic) bond motifs is 1. The topological polar surface area (TPSA) is 71.3 Å². The van der Waals surface area contributed by atoms with E-state index in [0.29, 0.717) is 18.3 Å². The number of anilines is 1. The molecule has 1 aromatic carbocycles. The molecule has 1 amide bonds. The van der Waals surface area contributed by atoms with E-state index in [1.165, 1.54) is 9.71 Å². The Labute approximate surface area is 168 Å². The first kappa shape index (κ1) is 19.1. The molecule has 6 nitrogen and oxygen atoms in total. The second kappa shape index (κ2) is 7.64. The van der Waals surface area contributed by atoms with Gasteiger partial charge in [-0.05, 0) is 38.1 Å². The predicted molar refractivity (Wildman–Crippen MR) is 112 cm³/mol. The maximum Gasteiger partial charge on any atom is 0.240 e. The average Bonchev–Trinajstić information content (AvgIpc) is 3.28. The number of aromatic nitrogens is 2. The van der Waals surface area contributed by atoms with Gasteiger partial charge in [-0.3, -0.25) is 15.0 Å². The van der Waals surface area contributed by atoms with Gasteiger partial charge < -0.3 is 4.52 Å². The highest BCUT2D eigenvalue weighted by Crippen LogP contribution is 2.33. The van der Waals surface area contributed by atoms with Crippen LogP contribution in [0.25, 0.3) is 10.2 Å². The molecule has 7 heteroatoms. The summed E-state index contributed by atoms with van der Waals surface area (Å²) in [6, 6.07) is 10.1. The smallest absolute Gasteiger partial charge is 0.240 e. The van der Waals surface area contributed by atoms with Crippen molar-refractivity contribution in [1.82, 2.24) is 15.0 Å². The summed E-state index contributed by atoms with van der Waals surface area (Å²) in [7, 11) is 0. The molecule has 0 radical (unpaired) electrons. The Kier molecular flexibility index (Phi) is 5.21. The monoisotopic (exact) mass is 398 g/mol. The van der Waals surface area contributed by atoms with Crippen molar-refractivity contribution in [1.29, 1.82) is 0 Å². The van der Waals surface area contributed by atoms with Crippen LogP contribution in [0.2, 0.25) is 0 Å². The highest BCUT2D eigenvalue weighted by molar-refractivity contribution is 7.18. The molecule has 1 fully saturated rings. The molecule has 1 N–H and O–H groups in total. The molecule has 0 aliphatic carbocycles. The number of nitrogens with one attached hydrogen (secondary N) is 1. The van der Waals surface area contributed by atoms with Crippen molar-refractivity contribution >= 4 is 33.3 Å². The van der Waals surface area contributed by atoms with Gasteiger partial charge in [0, 0.05) is 17.4 Å². The molecule has 0 unspecified atom stereocenters. The lowest BCUT2D eigenvalue weighted by atomic mass is 9.92. The van der Waals surface area contributed by atoms with Crippen LogP contribution in [0.4, 0.5) is 5.88 Å². The van der Waals surface area contributed by atoms with Gasteiger partial charge in [0.15, 0.2) is 0 Å². The quantitative estimate of drug-likeness (QED) is 0.705. The Balaban J connectivity index is 1.29. The van der Waals surface area contributed by atoms with Crippen LogP contribution >= 0.6 is 11.3 Å². The minimum atomic E-state index is -0.102. The van der Waals surface area contributed by atoms with Gasteiger partial charge in [-0.25, -0.2) is 4.98 Å². The third kappa shape index (κ3) is 4.25. The van der Waals surface area contributed by atoms with Crippen LogP contribution in [0.1, 0.15) is 50.2 Å². The second-order valence-corrected chi connectivity index (χ2v) is 9.51. The van der Waals surface area contributed by atoms with Crippen molar-refractivity contribution < 1.29 is 9.32 Å². The highest BCUT2D eigenvalue weighted by atomic mass is 32.1. The zero-order valence-electron chi connectivity index (χ0n) is 16.6. The number of hydrogen-bond acceptors (Lipinski definition) is 6. The molecule has 0 atom stereocenters. The van der Waals surface area contributed by atoms with Gasteiger partial charge in [-0.2, -0.15) is 0 Å². The van der Waals surface area contributed by atoms with Crippen LogP contribution in [0.3, 0.4) is 0 Å². The summed E-state index contributed by atoms with van der Waals surface area (Å²) in [5, 5.41) is 8.09. The number of carbonyl (C=O) groups is 1. The summed E-state index contributed by atoms with van der Waals surface area (Å²) in [4.78, 5) is 19.4. The molecule has 0 spiro atoms. The van der Waals surface area contributed by atoms with Gasteiger partial charge >= 0.3 is 0 Å². The van der Waals surface area contributed by atoms with E-state index in [4.69, 9.17) is 9.51 Å². The number of nitrogens with zero attached hydrogens (tertiary/aromatic N) is 3. The van der Waals surface area contributed by atoms with Crippen LogP contribution < -0.4 is 5.32 Å². The first-order valence-electron chi connectivity index (χ1n) is 9.73. The fraction of sp³-hybridized carbons (Fsp3) is 0.476. The van der Waals surface area contributed by atoms with E-state index in [9.17, 15) is 4.79 Å². The number of para-hydroxylation sites is 1. The molecule has 3 aromatic rings. The molecule has 1 aliphatic heterocycles. The van der Waals surface area contributed by atoms with Crippen molar-refractivity contribution in [2.24, 2.45) is 0 Å². The molecule has 2 aromatic heterocycles. The second-order valence-electron chi connectivity index (χ2n) is 8.44. The van der Waals surface area contributed by atoms with Crippen molar-refractivity contribution in [2.45, 2.75) is 44.9 Å². The van der Waals surface area contributed by atoms with E-state index in [2.05, 4.69) is 54.3 Å².